The Kier molecular flexibility index (Phi) is 5.00. The molecule has 3 aromatic rings. The molecular formula is C17H18N4O2S. The first kappa shape index (κ1) is 16.3. The van der Waals surface area contributed by atoms with Gasteiger partial charge in [0.25, 0.3) is 0 Å². The summed E-state index contributed by atoms with van der Waals surface area (Å²) >= 11 is 1.42. The Morgan fingerprint density at radius 1 is 1.29 bits per heavy atom. The van der Waals surface area contributed by atoms with Gasteiger partial charge >= 0.3 is 0 Å². The van der Waals surface area contributed by atoms with Gasteiger partial charge in [-0.15, -0.1) is 0 Å². The molecule has 124 valence electrons. The van der Waals surface area contributed by atoms with E-state index in [1.54, 1.807) is 23.1 Å². The van der Waals surface area contributed by atoms with Crippen LogP contribution in [0.5, 0.6) is 0 Å². The van der Waals surface area contributed by atoms with E-state index in [9.17, 15) is 4.79 Å². The minimum atomic E-state index is -0.269. The number of amides is 1. The fraction of sp³-hybridized carbons (Fsp3) is 0.235. The van der Waals surface area contributed by atoms with Gasteiger partial charge in [0, 0.05) is 12.3 Å². The summed E-state index contributed by atoms with van der Waals surface area (Å²) in [5, 5.41) is 7.70. The van der Waals surface area contributed by atoms with Gasteiger partial charge in [-0.25, -0.2) is 9.67 Å². The Bertz CT molecular complexity index is 813. The van der Waals surface area contributed by atoms with E-state index < -0.39 is 0 Å². The van der Waals surface area contributed by atoms with Crippen LogP contribution in [0.4, 0.5) is 5.82 Å². The second kappa shape index (κ2) is 7.35. The molecule has 3 heterocycles. The third kappa shape index (κ3) is 4.05. The van der Waals surface area contributed by atoms with E-state index >= 15 is 0 Å². The van der Waals surface area contributed by atoms with Gasteiger partial charge in [-0.1, -0.05) is 17.8 Å². The van der Waals surface area contributed by atoms with Crippen molar-refractivity contribution in [2.24, 2.45) is 0 Å². The van der Waals surface area contributed by atoms with E-state index in [-0.39, 0.29) is 11.2 Å². The average Bonchev–Trinajstić information content (AvgIpc) is 3.18. The van der Waals surface area contributed by atoms with Crippen LogP contribution < -0.4 is 5.32 Å². The van der Waals surface area contributed by atoms with Gasteiger partial charge in [0.05, 0.1) is 16.5 Å². The lowest BCUT2D eigenvalue weighted by atomic mass is 10.4. The second-order valence-corrected chi connectivity index (χ2v) is 6.66. The van der Waals surface area contributed by atoms with Crippen molar-refractivity contribution in [2.45, 2.75) is 30.7 Å². The summed E-state index contributed by atoms with van der Waals surface area (Å²) in [6.45, 7) is 4.22. The fourth-order valence-corrected chi connectivity index (χ4v) is 2.97. The first-order chi connectivity index (χ1) is 11.6. The number of nitrogens with zero attached hydrogens (tertiary/aromatic N) is 3. The Balaban J connectivity index is 1.63. The van der Waals surface area contributed by atoms with Gasteiger partial charge < -0.3 is 9.73 Å². The zero-order chi connectivity index (χ0) is 16.9. The Morgan fingerprint density at radius 3 is 2.88 bits per heavy atom. The van der Waals surface area contributed by atoms with Gasteiger partial charge in [0.15, 0.2) is 0 Å². The van der Waals surface area contributed by atoms with Gasteiger partial charge in [0.2, 0.25) is 5.91 Å². The minimum Gasteiger partial charge on any atom is -0.464 e. The number of rotatable bonds is 6. The van der Waals surface area contributed by atoms with Crippen molar-refractivity contribution < 1.29 is 9.21 Å². The summed E-state index contributed by atoms with van der Waals surface area (Å²) in [6.07, 6.45) is 3.37. The number of aryl methyl sites for hydroxylation is 1. The van der Waals surface area contributed by atoms with Crippen LogP contribution >= 0.6 is 11.8 Å². The third-order valence-corrected chi connectivity index (χ3v) is 4.42. The number of carbonyl (C=O) groups excluding carboxylic acids is 1. The summed E-state index contributed by atoms with van der Waals surface area (Å²) in [7, 11) is 0. The van der Waals surface area contributed by atoms with Crippen LogP contribution in [0, 0.1) is 6.92 Å². The zero-order valence-electron chi connectivity index (χ0n) is 13.5. The molecule has 0 saturated heterocycles. The molecule has 1 atom stereocenters. The van der Waals surface area contributed by atoms with Crippen LogP contribution in [0.1, 0.15) is 18.4 Å². The maximum atomic E-state index is 12.4. The molecule has 0 spiro atoms. The molecule has 0 aliphatic rings. The normalized spacial score (nSPS) is 12.1. The number of thioether (sulfide) groups is 1. The van der Waals surface area contributed by atoms with Gasteiger partial charge in [-0.2, -0.15) is 5.10 Å². The van der Waals surface area contributed by atoms with Crippen LogP contribution in [0.25, 0.3) is 0 Å². The number of nitrogens with one attached hydrogen (secondary N) is 1. The maximum Gasteiger partial charge on any atom is 0.238 e. The highest BCUT2D eigenvalue weighted by Gasteiger charge is 2.17. The molecule has 1 amide bonds. The summed E-state index contributed by atoms with van der Waals surface area (Å²) in [4.78, 5) is 16.6. The summed E-state index contributed by atoms with van der Waals surface area (Å²) < 4.78 is 7.26. The van der Waals surface area contributed by atoms with Gasteiger partial charge in [0.1, 0.15) is 23.9 Å². The molecule has 1 N–H and O–H groups in total. The Morgan fingerprint density at radius 2 is 2.17 bits per heavy atom. The molecule has 6 nitrogen and oxygen atoms in total. The summed E-state index contributed by atoms with van der Waals surface area (Å²) in [5.41, 5.74) is 0. The first-order valence-electron chi connectivity index (χ1n) is 7.57. The standard InChI is InChI=1S/C17H18N4O2S/c1-12-6-7-14(23-12)11-21-15(8-10-19-21)20-17(22)13(2)24-16-5-3-4-9-18-16/h3-10,13H,11H2,1-2H3,(H,20,22). The predicted molar refractivity (Wildman–Crippen MR) is 93.0 cm³/mol. The van der Waals surface area contributed by atoms with E-state index in [2.05, 4.69) is 15.4 Å². The van der Waals surface area contributed by atoms with E-state index in [1.165, 1.54) is 11.8 Å². The van der Waals surface area contributed by atoms with Crippen molar-refractivity contribution >= 4 is 23.5 Å². The van der Waals surface area contributed by atoms with E-state index in [0.717, 1.165) is 16.5 Å². The maximum absolute atomic E-state index is 12.4. The lowest BCUT2D eigenvalue weighted by Gasteiger charge is -2.12. The van der Waals surface area contributed by atoms with Crippen molar-refractivity contribution in [3.05, 3.63) is 60.3 Å². The predicted octanol–water partition coefficient (Wildman–Crippen LogP) is 3.35. The van der Waals surface area contributed by atoms with Crippen LogP contribution in [0.15, 0.2) is 58.2 Å². The number of furan rings is 1. The molecule has 0 bridgehead atoms. The molecule has 0 aliphatic carbocycles. The van der Waals surface area contributed by atoms with Crippen molar-refractivity contribution in [3.63, 3.8) is 0 Å². The molecule has 0 aliphatic heterocycles. The van der Waals surface area contributed by atoms with Gasteiger partial charge in [-0.05, 0) is 38.1 Å². The fourth-order valence-electron chi connectivity index (χ4n) is 2.16. The van der Waals surface area contributed by atoms with E-state index in [0.29, 0.717) is 12.4 Å². The number of anilines is 1. The number of aromatic nitrogens is 3. The molecular weight excluding hydrogens is 324 g/mol. The molecule has 7 heteroatoms. The van der Waals surface area contributed by atoms with Crippen LogP contribution in [-0.2, 0) is 11.3 Å². The van der Waals surface area contributed by atoms with Crippen LogP contribution in [-0.4, -0.2) is 25.9 Å². The third-order valence-electron chi connectivity index (χ3n) is 3.37. The molecule has 0 radical (unpaired) electrons. The highest BCUT2D eigenvalue weighted by molar-refractivity contribution is 8.00. The molecule has 24 heavy (non-hydrogen) atoms. The van der Waals surface area contributed by atoms with E-state index in [4.69, 9.17) is 4.42 Å². The summed E-state index contributed by atoms with van der Waals surface area (Å²) in [6, 6.07) is 11.2. The molecule has 1 unspecified atom stereocenters. The number of hydrogen-bond acceptors (Lipinski definition) is 5. The highest BCUT2D eigenvalue weighted by atomic mass is 32.2. The molecule has 3 aromatic heterocycles. The monoisotopic (exact) mass is 342 g/mol. The number of hydrogen-bond donors (Lipinski definition) is 1. The SMILES string of the molecule is Cc1ccc(Cn2nccc2NC(=O)C(C)Sc2ccccn2)o1. The molecule has 0 aromatic carbocycles. The molecule has 0 saturated carbocycles. The largest absolute Gasteiger partial charge is 0.464 e. The first-order valence-corrected chi connectivity index (χ1v) is 8.45. The summed E-state index contributed by atoms with van der Waals surface area (Å²) in [5.74, 6) is 2.19. The van der Waals surface area contributed by atoms with Crippen molar-refractivity contribution in [1.29, 1.82) is 0 Å². The van der Waals surface area contributed by atoms with Crippen LogP contribution in [0.2, 0.25) is 0 Å². The zero-order valence-corrected chi connectivity index (χ0v) is 14.3. The van der Waals surface area contributed by atoms with Crippen LogP contribution in [0.3, 0.4) is 0 Å². The second-order valence-electron chi connectivity index (χ2n) is 5.30. The van der Waals surface area contributed by atoms with Crippen molar-refractivity contribution in [3.8, 4) is 0 Å². The Hall–Kier alpha value is -2.54. The van der Waals surface area contributed by atoms with Crippen molar-refractivity contribution in [1.82, 2.24) is 14.8 Å². The molecule has 0 fully saturated rings. The lowest BCUT2D eigenvalue weighted by Crippen LogP contribution is -2.24. The average molecular weight is 342 g/mol. The smallest absolute Gasteiger partial charge is 0.238 e. The lowest BCUT2D eigenvalue weighted by molar-refractivity contribution is -0.115. The Labute approximate surface area is 144 Å². The quantitative estimate of drug-likeness (QED) is 0.696. The highest BCUT2D eigenvalue weighted by Crippen LogP contribution is 2.22. The topological polar surface area (TPSA) is 73.0 Å². The van der Waals surface area contributed by atoms with Crippen molar-refractivity contribution in [2.75, 3.05) is 5.32 Å². The number of carbonyl (C=O) groups is 1. The van der Waals surface area contributed by atoms with Gasteiger partial charge in [-0.3, -0.25) is 4.79 Å². The minimum absolute atomic E-state index is 0.0944. The van der Waals surface area contributed by atoms with E-state index in [1.807, 2.05) is 44.2 Å². The molecule has 3 rings (SSSR count). The number of pyridine rings is 1.